The summed E-state index contributed by atoms with van der Waals surface area (Å²) in [6.07, 6.45) is 7.33. The quantitative estimate of drug-likeness (QED) is 0.317. The molecule has 0 bridgehead atoms. The summed E-state index contributed by atoms with van der Waals surface area (Å²) in [5.41, 5.74) is 5.47. The minimum absolute atomic E-state index is 0.0843. The number of fused-ring (bicyclic) bond motifs is 3. The average Bonchev–Trinajstić information content (AvgIpc) is 3.20. The molecule has 6 nitrogen and oxygen atoms in total. The van der Waals surface area contributed by atoms with Crippen molar-refractivity contribution in [1.82, 2.24) is 15.0 Å². The van der Waals surface area contributed by atoms with Gasteiger partial charge in [-0.1, -0.05) is 40.2 Å². The third-order valence-electron chi connectivity index (χ3n) is 5.54. The fraction of sp³-hybridized carbons (Fsp3) is 0.167. The maximum absolute atomic E-state index is 13.3. The lowest BCUT2D eigenvalue weighted by atomic mass is 9.97. The van der Waals surface area contributed by atoms with Crippen LogP contribution in [0.15, 0.2) is 69.2 Å². The lowest BCUT2D eigenvalue weighted by molar-refractivity contribution is 0.0955. The van der Waals surface area contributed by atoms with Gasteiger partial charge in [0.05, 0.1) is 17.3 Å². The van der Waals surface area contributed by atoms with Crippen molar-refractivity contribution >= 4 is 49.6 Å². The molecule has 1 N–H and O–H groups in total. The van der Waals surface area contributed by atoms with Crippen LogP contribution in [0.2, 0.25) is 0 Å². The molecule has 0 atom stereocenters. The van der Waals surface area contributed by atoms with Gasteiger partial charge in [-0.3, -0.25) is 14.2 Å². The molecule has 8 heteroatoms. The van der Waals surface area contributed by atoms with Crippen LogP contribution in [0.25, 0.3) is 15.9 Å². The van der Waals surface area contributed by atoms with Crippen LogP contribution in [-0.2, 0) is 12.8 Å². The molecule has 4 aromatic rings. The minimum atomic E-state index is -0.356. The highest BCUT2D eigenvalue weighted by Crippen LogP contribution is 2.33. The highest BCUT2D eigenvalue weighted by molar-refractivity contribution is 9.10. The topological polar surface area (TPSA) is 76.3 Å². The van der Waals surface area contributed by atoms with Crippen molar-refractivity contribution in [2.75, 3.05) is 0 Å². The van der Waals surface area contributed by atoms with Crippen molar-refractivity contribution in [2.24, 2.45) is 5.10 Å². The predicted octanol–water partition coefficient (Wildman–Crippen LogP) is 4.85. The van der Waals surface area contributed by atoms with Crippen molar-refractivity contribution in [3.8, 4) is 5.69 Å². The van der Waals surface area contributed by atoms with E-state index in [1.165, 1.54) is 9.44 Å². The second kappa shape index (κ2) is 8.80. The van der Waals surface area contributed by atoms with Gasteiger partial charge in [-0.05, 0) is 55.5 Å². The summed E-state index contributed by atoms with van der Waals surface area (Å²) >= 11 is 5.07. The van der Waals surface area contributed by atoms with E-state index in [9.17, 15) is 9.59 Å². The number of halogens is 1. The van der Waals surface area contributed by atoms with Crippen LogP contribution in [-0.4, -0.2) is 21.7 Å². The van der Waals surface area contributed by atoms with Gasteiger partial charge in [0.15, 0.2) is 0 Å². The van der Waals surface area contributed by atoms with E-state index in [0.717, 1.165) is 51.5 Å². The van der Waals surface area contributed by atoms with Gasteiger partial charge in [0.25, 0.3) is 11.5 Å². The molecule has 1 aliphatic rings. The normalized spacial score (nSPS) is 13.4. The first-order valence-corrected chi connectivity index (χ1v) is 11.9. The third kappa shape index (κ3) is 3.91. The molecule has 0 fully saturated rings. The summed E-state index contributed by atoms with van der Waals surface area (Å²) < 4.78 is 2.41. The summed E-state index contributed by atoms with van der Waals surface area (Å²) in [6, 6.07) is 14.5. The monoisotopic (exact) mass is 506 g/mol. The summed E-state index contributed by atoms with van der Waals surface area (Å²) in [6.45, 7) is 0. The Kier molecular flexibility index (Phi) is 5.71. The molecule has 1 aliphatic carbocycles. The van der Waals surface area contributed by atoms with Gasteiger partial charge in [0.1, 0.15) is 11.2 Å². The van der Waals surface area contributed by atoms with Crippen molar-refractivity contribution in [1.29, 1.82) is 0 Å². The largest absolute Gasteiger partial charge is 0.271 e. The molecule has 0 aliphatic heterocycles. The maximum Gasteiger partial charge on any atom is 0.271 e. The number of amides is 1. The molecule has 0 saturated carbocycles. The number of carbonyl (C=O) groups is 1. The fourth-order valence-electron chi connectivity index (χ4n) is 3.93. The first-order valence-electron chi connectivity index (χ1n) is 10.3. The molecule has 5 rings (SSSR count). The third-order valence-corrected chi connectivity index (χ3v) is 7.46. The molecule has 160 valence electrons. The molecule has 0 radical (unpaired) electrons. The summed E-state index contributed by atoms with van der Waals surface area (Å²) in [5.74, 6) is -0.356. The Hall–Kier alpha value is -3.10. The number of hydrazone groups is 1. The van der Waals surface area contributed by atoms with Crippen LogP contribution in [0.4, 0.5) is 0 Å². The van der Waals surface area contributed by atoms with Crippen molar-refractivity contribution in [2.45, 2.75) is 25.7 Å². The summed E-state index contributed by atoms with van der Waals surface area (Å²) in [7, 11) is 0. The van der Waals surface area contributed by atoms with E-state index in [1.807, 2.05) is 24.3 Å². The predicted molar refractivity (Wildman–Crippen MR) is 131 cm³/mol. The van der Waals surface area contributed by atoms with Gasteiger partial charge in [-0.25, -0.2) is 10.4 Å². The lowest BCUT2D eigenvalue weighted by Crippen LogP contribution is -2.21. The van der Waals surface area contributed by atoms with Gasteiger partial charge in [0, 0.05) is 20.5 Å². The van der Waals surface area contributed by atoms with E-state index in [2.05, 4.69) is 31.4 Å². The molecule has 2 heterocycles. The first-order chi connectivity index (χ1) is 15.6. The number of benzene rings is 2. The fourth-order valence-corrected chi connectivity index (χ4v) is 5.54. The number of hydrogen-bond acceptors (Lipinski definition) is 5. The second-order valence-electron chi connectivity index (χ2n) is 7.58. The Morgan fingerprint density at radius 1 is 1.16 bits per heavy atom. The zero-order chi connectivity index (χ0) is 22.1. The van der Waals surface area contributed by atoms with E-state index in [1.54, 1.807) is 48.1 Å². The van der Waals surface area contributed by atoms with Crippen LogP contribution in [0, 0.1) is 0 Å². The van der Waals surface area contributed by atoms with E-state index in [0.29, 0.717) is 11.3 Å². The number of thiophene rings is 1. The Morgan fingerprint density at radius 3 is 2.88 bits per heavy atom. The number of aromatic nitrogens is 2. The highest BCUT2D eigenvalue weighted by Gasteiger charge is 2.20. The number of carbonyl (C=O) groups excluding carboxylic acids is 1. The Balaban J connectivity index is 1.43. The van der Waals surface area contributed by atoms with Crippen LogP contribution < -0.4 is 11.0 Å². The van der Waals surface area contributed by atoms with Crippen molar-refractivity contribution < 1.29 is 4.79 Å². The van der Waals surface area contributed by atoms with Gasteiger partial charge in [-0.2, -0.15) is 5.10 Å². The Bertz CT molecular complexity index is 1420. The van der Waals surface area contributed by atoms with Crippen molar-refractivity contribution in [3.63, 3.8) is 0 Å². The average molecular weight is 507 g/mol. The zero-order valence-electron chi connectivity index (χ0n) is 17.0. The lowest BCUT2D eigenvalue weighted by Gasteiger charge is -2.11. The van der Waals surface area contributed by atoms with E-state index in [-0.39, 0.29) is 11.5 Å². The van der Waals surface area contributed by atoms with Gasteiger partial charge >= 0.3 is 0 Å². The van der Waals surface area contributed by atoms with Crippen LogP contribution in [0.5, 0.6) is 0 Å². The number of nitrogens with one attached hydrogen (secondary N) is 1. The summed E-state index contributed by atoms with van der Waals surface area (Å²) in [4.78, 5) is 32.5. The van der Waals surface area contributed by atoms with E-state index < -0.39 is 0 Å². The maximum atomic E-state index is 13.3. The van der Waals surface area contributed by atoms with Crippen LogP contribution >= 0.6 is 27.3 Å². The molecule has 0 spiro atoms. The molecule has 2 aromatic heterocycles. The molecule has 0 unspecified atom stereocenters. The molecule has 0 saturated heterocycles. The molecular formula is C24H19BrN4O2S. The Morgan fingerprint density at radius 2 is 2.00 bits per heavy atom. The first kappa shape index (κ1) is 20.8. The van der Waals surface area contributed by atoms with Crippen molar-refractivity contribution in [3.05, 3.63) is 91.3 Å². The molecule has 2 aromatic carbocycles. The van der Waals surface area contributed by atoms with Crippen LogP contribution in [0.3, 0.4) is 0 Å². The molecule has 32 heavy (non-hydrogen) atoms. The standard InChI is InChI=1S/C24H19BrN4O2S/c25-19-10-3-1-6-16(19)13-27-28-22(30)15-7-5-8-17(12-15)29-14-26-23-21(24(29)31)18-9-2-4-11-20(18)32-23/h1,3,5-8,10,12-14H,2,4,9,11H2,(H,28,30)/b27-13+. The smallest absolute Gasteiger partial charge is 0.268 e. The van der Waals surface area contributed by atoms with Gasteiger partial charge in [-0.15, -0.1) is 11.3 Å². The number of hydrogen-bond donors (Lipinski definition) is 1. The highest BCUT2D eigenvalue weighted by atomic mass is 79.9. The summed E-state index contributed by atoms with van der Waals surface area (Å²) in [5, 5.41) is 4.77. The van der Waals surface area contributed by atoms with Crippen LogP contribution in [0.1, 0.15) is 39.2 Å². The zero-order valence-corrected chi connectivity index (χ0v) is 19.4. The Labute approximate surface area is 196 Å². The SMILES string of the molecule is O=C(N/N=C/c1ccccc1Br)c1cccc(-n2cnc3sc4c(c3c2=O)CCCC4)c1. The second-order valence-corrected chi connectivity index (χ2v) is 9.52. The van der Waals surface area contributed by atoms with Gasteiger partial charge in [0.2, 0.25) is 0 Å². The van der Waals surface area contributed by atoms with Gasteiger partial charge < -0.3 is 0 Å². The van der Waals surface area contributed by atoms with E-state index >= 15 is 0 Å². The number of aryl methyl sites for hydroxylation is 2. The minimum Gasteiger partial charge on any atom is -0.268 e. The molecule has 1 amide bonds. The van der Waals surface area contributed by atoms with E-state index in [4.69, 9.17) is 0 Å². The number of nitrogens with zero attached hydrogens (tertiary/aromatic N) is 3. The molecular weight excluding hydrogens is 488 g/mol. The number of rotatable bonds is 4.